The number of aliphatic imine (C=N–C) groups is 1. The third kappa shape index (κ3) is 6.62. The molecule has 0 saturated heterocycles. The zero-order valence-corrected chi connectivity index (χ0v) is 16.7. The summed E-state index contributed by atoms with van der Waals surface area (Å²) in [4.78, 5) is 3.98. The fraction of sp³-hybridized carbons (Fsp3) is 0.133. The van der Waals surface area contributed by atoms with Crippen LogP contribution in [0.15, 0.2) is 47.5 Å². The molecular weight excluding hydrogens is 449 g/mol. The van der Waals surface area contributed by atoms with E-state index in [1.54, 1.807) is 6.07 Å². The van der Waals surface area contributed by atoms with Crippen molar-refractivity contribution in [2.45, 2.75) is 13.1 Å². The van der Waals surface area contributed by atoms with Crippen molar-refractivity contribution in [1.29, 1.82) is 0 Å². The van der Waals surface area contributed by atoms with Crippen LogP contribution in [-0.4, -0.2) is 22.2 Å². The summed E-state index contributed by atoms with van der Waals surface area (Å²) in [6.45, 7) is 1.92. The molecule has 0 unspecified atom stereocenters. The van der Waals surface area contributed by atoms with E-state index in [0.717, 1.165) is 21.7 Å². The average molecular weight is 460 g/mol. The monoisotopic (exact) mass is 460 g/mol. The number of hydrogen-bond acceptors (Lipinski definition) is 1. The van der Waals surface area contributed by atoms with Gasteiger partial charge in [-0.25, -0.2) is 0 Å². The van der Waals surface area contributed by atoms with Crippen LogP contribution in [0, 0.1) is 6.92 Å². The molecule has 0 atom stereocenters. The Balaban J connectivity index is 0.000000816. The van der Waals surface area contributed by atoms with Crippen LogP contribution in [0.5, 0.6) is 0 Å². The first-order valence-corrected chi connectivity index (χ1v) is 11.4. The summed E-state index contributed by atoms with van der Waals surface area (Å²) in [5.41, 5.74) is 0.978. The molecule has 0 N–H and O–H groups in total. The molecule has 0 amide bonds. The molecule has 8 heteroatoms. The van der Waals surface area contributed by atoms with Gasteiger partial charge in [-0.1, -0.05) is 0 Å². The van der Waals surface area contributed by atoms with Gasteiger partial charge in [-0.2, -0.15) is 0 Å². The number of para-hydroxylation sites is 1. The number of benzene rings is 2. The molecule has 1 radical (unpaired) electrons. The van der Waals surface area contributed by atoms with E-state index in [1.807, 2.05) is 19.1 Å². The Morgan fingerprint density at radius 2 is 1.70 bits per heavy atom. The molecule has 0 fully saturated rings. The van der Waals surface area contributed by atoms with Crippen molar-refractivity contribution in [3.8, 4) is 0 Å². The molecule has 0 aliphatic heterocycles. The first-order chi connectivity index (χ1) is 10.8. The van der Waals surface area contributed by atoms with E-state index in [4.69, 9.17) is 18.6 Å². The second-order valence-corrected chi connectivity index (χ2v) is 7.77. The van der Waals surface area contributed by atoms with E-state index >= 15 is 0 Å². The number of halogens is 5. The van der Waals surface area contributed by atoms with Gasteiger partial charge in [0.15, 0.2) is 0 Å². The molecule has 2 aromatic rings. The van der Waals surface area contributed by atoms with Crippen molar-refractivity contribution < 1.29 is 30.2 Å². The Labute approximate surface area is 157 Å². The fourth-order valence-electron chi connectivity index (χ4n) is 1.74. The van der Waals surface area contributed by atoms with Gasteiger partial charge in [0.25, 0.3) is 0 Å². The molecular formula is C15H11Cl2F3NSeTi. The molecule has 23 heavy (non-hydrogen) atoms. The molecule has 2 aromatic carbocycles. The summed E-state index contributed by atoms with van der Waals surface area (Å²) >= 11 is 2.35. The Bertz CT molecular complexity index is 678. The Hall–Kier alpha value is -0.286. The third-order valence-electron chi connectivity index (χ3n) is 2.79. The van der Waals surface area contributed by atoms with E-state index in [0.29, 0.717) is 0 Å². The first-order valence-electron chi connectivity index (χ1n) is 6.24. The van der Waals surface area contributed by atoms with Gasteiger partial charge >= 0.3 is 158 Å². The quantitative estimate of drug-likeness (QED) is 0.446. The van der Waals surface area contributed by atoms with Gasteiger partial charge in [-0.3, -0.25) is 0 Å². The average Bonchev–Trinajstić information content (AvgIpc) is 2.49. The van der Waals surface area contributed by atoms with E-state index < -0.39 is 28.8 Å². The number of alkyl halides is 3. The normalized spacial score (nSPS) is 11.0. The Morgan fingerprint density at radius 1 is 1.09 bits per heavy atom. The molecule has 0 aliphatic carbocycles. The minimum absolute atomic E-state index is 0.0825. The minimum atomic E-state index is -4.40. The van der Waals surface area contributed by atoms with Gasteiger partial charge < -0.3 is 0 Å². The second kappa shape index (κ2) is 9.88. The van der Waals surface area contributed by atoms with Crippen LogP contribution in [0.25, 0.3) is 0 Å². The summed E-state index contributed by atoms with van der Waals surface area (Å²) < 4.78 is 39.4. The zero-order valence-electron chi connectivity index (χ0n) is 11.9. The van der Waals surface area contributed by atoms with Crippen molar-refractivity contribution in [2.75, 3.05) is 0 Å². The van der Waals surface area contributed by atoms with E-state index in [-0.39, 0.29) is 5.69 Å². The Kier molecular flexibility index (Phi) is 8.91. The van der Waals surface area contributed by atoms with Crippen LogP contribution in [0.2, 0.25) is 0 Å². The number of nitrogens with zero attached hydrogens (tertiary/aromatic N) is 1. The van der Waals surface area contributed by atoms with Gasteiger partial charge in [0.2, 0.25) is 0 Å². The first kappa shape index (κ1) is 20.8. The molecule has 0 aromatic heterocycles. The zero-order chi connectivity index (χ0) is 17.5. The van der Waals surface area contributed by atoms with Crippen LogP contribution in [-0.2, 0) is 23.2 Å². The SMILES string of the molecule is Cc1cccc(C=Nc2ccccc2C(F)(F)F)c1[Se].[Cl][Ti][Cl]. The van der Waals surface area contributed by atoms with Crippen LogP contribution in [0.4, 0.5) is 18.9 Å². The van der Waals surface area contributed by atoms with Crippen LogP contribution in [0.3, 0.4) is 0 Å². The van der Waals surface area contributed by atoms with Gasteiger partial charge in [-0.15, -0.1) is 0 Å². The maximum absolute atomic E-state index is 12.8. The van der Waals surface area contributed by atoms with Crippen molar-refractivity contribution in [3.63, 3.8) is 0 Å². The van der Waals surface area contributed by atoms with Crippen molar-refractivity contribution in [3.05, 3.63) is 59.2 Å². The summed E-state index contributed by atoms with van der Waals surface area (Å²) in [6, 6.07) is 10.8. The summed E-state index contributed by atoms with van der Waals surface area (Å²) in [6.07, 6.45) is -2.95. The second-order valence-electron chi connectivity index (χ2n) is 4.34. The Morgan fingerprint density at radius 3 is 2.30 bits per heavy atom. The molecule has 0 heterocycles. The van der Waals surface area contributed by atoms with Crippen LogP contribution in [0.1, 0.15) is 16.7 Å². The molecule has 1 nitrogen and oxygen atoms in total. The van der Waals surface area contributed by atoms with E-state index in [9.17, 15) is 13.2 Å². The topological polar surface area (TPSA) is 12.4 Å². The summed E-state index contributed by atoms with van der Waals surface area (Å²) in [5.74, 6) is 0. The molecule has 121 valence electrons. The van der Waals surface area contributed by atoms with Crippen LogP contribution >= 0.6 is 18.6 Å². The van der Waals surface area contributed by atoms with Gasteiger partial charge in [0, 0.05) is 0 Å². The van der Waals surface area contributed by atoms with Crippen molar-refractivity contribution in [2.24, 2.45) is 4.99 Å². The standard InChI is InChI=1S/C15H11F3NSe.2ClH.Ti/c1-10-5-4-6-11(14(10)20)9-19-13-8-3-2-7-12(13)15(16,17)18;;;/h2-9H,1H3;2*1H;/q;;;+2/p-2. The third-order valence-corrected chi connectivity index (χ3v) is 3.96. The van der Waals surface area contributed by atoms with E-state index in [2.05, 4.69) is 21.0 Å². The van der Waals surface area contributed by atoms with Gasteiger partial charge in [0.05, 0.1) is 0 Å². The molecule has 0 spiro atoms. The molecule has 0 bridgehead atoms. The number of aryl methyl sites for hydroxylation is 1. The van der Waals surface area contributed by atoms with Crippen molar-refractivity contribution in [1.82, 2.24) is 0 Å². The number of hydrogen-bond donors (Lipinski definition) is 0. The molecule has 2 rings (SSSR count). The number of rotatable bonds is 2. The fourth-order valence-corrected chi connectivity index (χ4v) is 2.14. The summed E-state index contributed by atoms with van der Waals surface area (Å²) in [5, 5.41) is 0. The van der Waals surface area contributed by atoms with Crippen LogP contribution < -0.4 is 4.46 Å². The summed E-state index contributed by atoms with van der Waals surface area (Å²) in [7, 11) is 9.78. The van der Waals surface area contributed by atoms with E-state index in [1.165, 1.54) is 24.4 Å². The predicted octanol–water partition coefficient (Wildman–Crippen LogP) is 4.93. The molecule has 0 aliphatic rings. The van der Waals surface area contributed by atoms with Gasteiger partial charge in [-0.05, 0) is 0 Å². The molecule has 0 saturated carbocycles. The predicted molar refractivity (Wildman–Crippen MR) is 87.0 cm³/mol. The maximum atomic E-state index is 12.8. The van der Waals surface area contributed by atoms with Crippen molar-refractivity contribution >= 4 is 51.0 Å². The van der Waals surface area contributed by atoms with Gasteiger partial charge in [0.1, 0.15) is 0 Å².